The third kappa shape index (κ3) is 5.13. The summed E-state index contributed by atoms with van der Waals surface area (Å²) in [6.07, 6.45) is 0. The minimum atomic E-state index is -0.590. The van der Waals surface area contributed by atoms with Crippen molar-refractivity contribution in [3.05, 3.63) is 35.9 Å². The molecule has 0 unspecified atom stereocenters. The van der Waals surface area contributed by atoms with Gasteiger partial charge in [0.25, 0.3) is 0 Å². The molecule has 3 N–H and O–H groups in total. The number of carbonyl (C=O) groups excluding carboxylic acids is 2. The highest BCUT2D eigenvalue weighted by Crippen LogP contribution is 2.10. The molecule has 0 saturated carbocycles. The van der Waals surface area contributed by atoms with Gasteiger partial charge in [-0.15, -0.1) is 0 Å². The smallest absolute Gasteiger partial charge is 0.309 e. The molecule has 0 aromatic heterocycles. The third-order valence-corrected chi connectivity index (χ3v) is 3.82. The van der Waals surface area contributed by atoms with Crippen LogP contribution in [0.2, 0.25) is 0 Å². The van der Waals surface area contributed by atoms with Gasteiger partial charge < -0.3 is 20.3 Å². The van der Waals surface area contributed by atoms with Gasteiger partial charge >= 0.3 is 11.8 Å². The number of hydrogen-bond acceptors (Lipinski definition) is 3. The predicted molar refractivity (Wildman–Crippen MR) is 82.4 cm³/mol. The molecule has 0 radical (unpaired) electrons. The van der Waals surface area contributed by atoms with Gasteiger partial charge in [0, 0.05) is 0 Å². The van der Waals surface area contributed by atoms with Gasteiger partial charge in [-0.2, -0.15) is 0 Å². The Labute approximate surface area is 130 Å². The van der Waals surface area contributed by atoms with Crippen molar-refractivity contribution in [1.29, 1.82) is 0 Å². The van der Waals surface area contributed by atoms with Gasteiger partial charge in [-0.25, -0.2) is 0 Å². The van der Waals surface area contributed by atoms with E-state index in [1.807, 2.05) is 37.3 Å². The molecular formula is C16H24N3O3+. The van der Waals surface area contributed by atoms with E-state index in [4.69, 9.17) is 4.74 Å². The number of hydrogen-bond donors (Lipinski definition) is 3. The largest absolute Gasteiger partial charge is 0.370 e. The zero-order valence-electron chi connectivity index (χ0n) is 12.9. The van der Waals surface area contributed by atoms with Crippen LogP contribution in [0.3, 0.4) is 0 Å². The lowest BCUT2D eigenvalue weighted by Crippen LogP contribution is -3.14. The number of rotatable bonds is 5. The van der Waals surface area contributed by atoms with Crippen molar-refractivity contribution >= 4 is 11.8 Å². The Balaban J connectivity index is 1.69. The standard InChI is InChI=1S/C16H23N3O3/c1-13(14-5-3-2-4-6-14)18-16(21)15(20)17-7-8-19-9-11-22-12-10-19/h2-6,13H,7-12H2,1H3,(H,17,20)(H,18,21)/p+1/t13-/m1/s1. The molecule has 0 bridgehead atoms. The molecule has 2 rings (SSSR count). The number of ether oxygens (including phenoxy) is 1. The molecule has 22 heavy (non-hydrogen) atoms. The van der Waals surface area contributed by atoms with Gasteiger partial charge in [-0.05, 0) is 12.5 Å². The molecule has 0 spiro atoms. The van der Waals surface area contributed by atoms with E-state index in [1.165, 1.54) is 4.90 Å². The van der Waals surface area contributed by atoms with E-state index in [-0.39, 0.29) is 6.04 Å². The third-order valence-electron chi connectivity index (χ3n) is 3.82. The first-order valence-corrected chi connectivity index (χ1v) is 7.72. The second kappa shape index (κ2) is 8.51. The van der Waals surface area contributed by atoms with Crippen molar-refractivity contribution in [2.24, 2.45) is 0 Å². The number of benzene rings is 1. The topological polar surface area (TPSA) is 71.9 Å². The van der Waals surface area contributed by atoms with Crippen molar-refractivity contribution in [1.82, 2.24) is 10.6 Å². The van der Waals surface area contributed by atoms with Crippen molar-refractivity contribution in [2.45, 2.75) is 13.0 Å². The van der Waals surface area contributed by atoms with Crippen LogP contribution in [0.25, 0.3) is 0 Å². The number of quaternary nitrogens is 1. The molecule has 1 aromatic rings. The molecule has 120 valence electrons. The lowest BCUT2D eigenvalue weighted by molar-refractivity contribution is -0.906. The normalized spacial score (nSPS) is 16.8. The van der Waals surface area contributed by atoms with E-state index in [0.717, 1.165) is 38.4 Å². The van der Waals surface area contributed by atoms with Gasteiger partial charge in [0.2, 0.25) is 0 Å². The quantitative estimate of drug-likeness (QED) is 0.605. The summed E-state index contributed by atoms with van der Waals surface area (Å²) in [6.45, 7) is 6.60. The zero-order chi connectivity index (χ0) is 15.8. The fourth-order valence-corrected chi connectivity index (χ4v) is 2.43. The highest BCUT2D eigenvalue weighted by Gasteiger charge is 2.18. The van der Waals surface area contributed by atoms with Crippen LogP contribution in [-0.4, -0.2) is 51.2 Å². The van der Waals surface area contributed by atoms with Crippen LogP contribution >= 0.6 is 0 Å². The molecule has 1 aliphatic rings. The van der Waals surface area contributed by atoms with E-state index in [2.05, 4.69) is 10.6 Å². The molecule has 1 heterocycles. The van der Waals surface area contributed by atoms with Crippen LogP contribution in [-0.2, 0) is 14.3 Å². The van der Waals surface area contributed by atoms with Crippen LogP contribution < -0.4 is 15.5 Å². The number of nitrogens with one attached hydrogen (secondary N) is 3. The minimum Gasteiger partial charge on any atom is -0.370 e. The van der Waals surface area contributed by atoms with Crippen LogP contribution in [0.15, 0.2) is 30.3 Å². The van der Waals surface area contributed by atoms with Crippen molar-refractivity contribution in [3.8, 4) is 0 Å². The Hall–Kier alpha value is -1.92. The van der Waals surface area contributed by atoms with Crippen molar-refractivity contribution in [3.63, 3.8) is 0 Å². The van der Waals surface area contributed by atoms with E-state index < -0.39 is 11.8 Å². The van der Waals surface area contributed by atoms with Crippen LogP contribution in [0.1, 0.15) is 18.5 Å². The Bertz CT molecular complexity index is 487. The summed E-state index contributed by atoms with van der Waals surface area (Å²) in [4.78, 5) is 25.0. The Kier molecular flexibility index (Phi) is 6.36. The maximum Gasteiger partial charge on any atom is 0.309 e. The summed E-state index contributed by atoms with van der Waals surface area (Å²) in [5.74, 6) is -1.16. The van der Waals surface area contributed by atoms with Crippen LogP contribution in [0.4, 0.5) is 0 Å². The maximum atomic E-state index is 11.9. The summed E-state index contributed by atoms with van der Waals surface area (Å²) in [6, 6.07) is 9.38. The van der Waals surface area contributed by atoms with Gasteiger partial charge in [-0.1, -0.05) is 30.3 Å². The fraction of sp³-hybridized carbons (Fsp3) is 0.500. The summed E-state index contributed by atoms with van der Waals surface area (Å²) in [5.41, 5.74) is 0.974. The van der Waals surface area contributed by atoms with E-state index in [1.54, 1.807) is 0 Å². The van der Waals surface area contributed by atoms with E-state index in [0.29, 0.717) is 6.54 Å². The molecule has 0 aliphatic carbocycles. The zero-order valence-corrected chi connectivity index (χ0v) is 12.9. The van der Waals surface area contributed by atoms with Gasteiger partial charge in [0.1, 0.15) is 13.1 Å². The molecule has 1 atom stereocenters. The predicted octanol–water partition coefficient (Wildman–Crippen LogP) is -1.10. The number of carbonyl (C=O) groups is 2. The average Bonchev–Trinajstić information content (AvgIpc) is 2.56. The molecule has 1 aromatic carbocycles. The fourth-order valence-electron chi connectivity index (χ4n) is 2.43. The molecular weight excluding hydrogens is 282 g/mol. The van der Waals surface area contributed by atoms with Crippen LogP contribution in [0, 0.1) is 0 Å². The Morgan fingerprint density at radius 2 is 1.86 bits per heavy atom. The lowest BCUT2D eigenvalue weighted by Gasteiger charge is -2.23. The molecule has 2 amide bonds. The van der Waals surface area contributed by atoms with Crippen molar-refractivity contribution < 1.29 is 19.2 Å². The number of morpholine rings is 1. The summed E-state index contributed by atoms with van der Waals surface area (Å²) in [7, 11) is 0. The van der Waals surface area contributed by atoms with Gasteiger partial charge in [0.15, 0.2) is 0 Å². The SMILES string of the molecule is C[C@@H](NC(=O)C(=O)NCC[NH+]1CCOCC1)c1ccccc1. The molecule has 1 aliphatic heterocycles. The molecule has 6 nitrogen and oxygen atoms in total. The summed E-state index contributed by atoms with van der Waals surface area (Å²) in [5, 5.41) is 5.38. The first-order chi connectivity index (χ1) is 10.7. The second-order valence-electron chi connectivity index (χ2n) is 5.47. The average molecular weight is 306 g/mol. The monoisotopic (exact) mass is 306 g/mol. The Morgan fingerprint density at radius 3 is 2.55 bits per heavy atom. The minimum absolute atomic E-state index is 0.190. The van der Waals surface area contributed by atoms with Gasteiger partial charge in [0.05, 0.1) is 32.3 Å². The lowest BCUT2D eigenvalue weighted by atomic mass is 10.1. The summed E-state index contributed by atoms with van der Waals surface area (Å²) < 4.78 is 5.28. The highest BCUT2D eigenvalue weighted by molar-refractivity contribution is 6.35. The first-order valence-electron chi connectivity index (χ1n) is 7.72. The molecule has 6 heteroatoms. The molecule has 1 saturated heterocycles. The first kappa shape index (κ1) is 16.5. The number of amides is 2. The second-order valence-corrected chi connectivity index (χ2v) is 5.47. The molecule has 1 fully saturated rings. The summed E-state index contributed by atoms with van der Waals surface area (Å²) >= 11 is 0. The maximum absolute atomic E-state index is 11.9. The van der Waals surface area contributed by atoms with Crippen LogP contribution in [0.5, 0.6) is 0 Å². The van der Waals surface area contributed by atoms with Crippen molar-refractivity contribution in [2.75, 3.05) is 39.4 Å². The highest BCUT2D eigenvalue weighted by atomic mass is 16.5. The van der Waals surface area contributed by atoms with Gasteiger partial charge in [-0.3, -0.25) is 9.59 Å². The van der Waals surface area contributed by atoms with E-state index >= 15 is 0 Å². The Morgan fingerprint density at radius 1 is 1.18 bits per heavy atom. The van der Waals surface area contributed by atoms with E-state index in [9.17, 15) is 9.59 Å².